The molecule has 0 amide bonds. The third kappa shape index (κ3) is 4.13. The maximum atomic E-state index is 14.1. The van der Waals surface area contributed by atoms with Crippen LogP contribution in [0, 0.1) is 18.6 Å². The van der Waals surface area contributed by atoms with Gasteiger partial charge in [0.05, 0.1) is 5.69 Å². The number of benzene rings is 1. The van der Waals surface area contributed by atoms with Crippen molar-refractivity contribution in [2.24, 2.45) is 0 Å². The summed E-state index contributed by atoms with van der Waals surface area (Å²) in [5, 5.41) is 0. The van der Waals surface area contributed by atoms with Crippen molar-refractivity contribution >= 4 is 0 Å². The molecule has 0 radical (unpaired) electrons. The average Bonchev–Trinajstić information content (AvgIpc) is 2.62. The van der Waals surface area contributed by atoms with E-state index in [1.54, 1.807) is 25.5 Å². The van der Waals surface area contributed by atoms with E-state index in [4.69, 9.17) is 0 Å². The first-order valence-corrected chi connectivity index (χ1v) is 8.26. The number of piperazine rings is 1. The zero-order valence-corrected chi connectivity index (χ0v) is 13.9. The van der Waals surface area contributed by atoms with Crippen LogP contribution in [-0.4, -0.2) is 52.5 Å². The van der Waals surface area contributed by atoms with Crippen LogP contribution in [0.3, 0.4) is 0 Å². The fraction of sp³-hybridized carbons (Fsp3) is 0.444. The van der Waals surface area contributed by atoms with Crippen molar-refractivity contribution in [3.63, 3.8) is 0 Å². The van der Waals surface area contributed by atoms with Gasteiger partial charge in [0.2, 0.25) is 0 Å². The second-order valence-electron chi connectivity index (χ2n) is 6.22. The lowest BCUT2D eigenvalue weighted by Crippen LogP contribution is -2.46. The maximum Gasteiger partial charge on any atom is 0.133 e. The zero-order chi connectivity index (χ0) is 16.9. The Kier molecular flexibility index (Phi) is 5.48. The molecule has 1 aromatic heterocycles. The minimum Gasteiger partial charge on any atom is -0.300 e. The maximum absolute atomic E-state index is 14.1. The lowest BCUT2D eigenvalue weighted by Gasteiger charge is -2.34. The summed E-state index contributed by atoms with van der Waals surface area (Å²) in [6.07, 6.45) is 6.04. The van der Waals surface area contributed by atoms with Crippen molar-refractivity contribution in [3.05, 3.63) is 59.2 Å². The number of rotatable bonds is 5. The number of aromatic nitrogens is 2. The molecular formula is C18H22F2N4. The molecule has 0 saturated carbocycles. The van der Waals surface area contributed by atoms with E-state index in [1.807, 2.05) is 0 Å². The molecule has 0 bridgehead atoms. The van der Waals surface area contributed by atoms with E-state index in [1.165, 1.54) is 12.1 Å². The van der Waals surface area contributed by atoms with Crippen molar-refractivity contribution in [2.45, 2.75) is 19.9 Å². The first kappa shape index (κ1) is 16.9. The van der Waals surface area contributed by atoms with E-state index in [-0.39, 0.29) is 5.56 Å². The van der Waals surface area contributed by atoms with E-state index in [0.29, 0.717) is 12.1 Å². The second kappa shape index (κ2) is 7.77. The molecule has 1 aliphatic heterocycles. The van der Waals surface area contributed by atoms with Gasteiger partial charge in [-0.3, -0.25) is 14.9 Å². The van der Waals surface area contributed by atoms with Gasteiger partial charge in [-0.2, -0.15) is 0 Å². The molecule has 24 heavy (non-hydrogen) atoms. The van der Waals surface area contributed by atoms with Crippen LogP contribution >= 0.6 is 0 Å². The van der Waals surface area contributed by atoms with Crippen LogP contribution in [0.1, 0.15) is 16.8 Å². The third-order valence-electron chi connectivity index (χ3n) is 4.53. The number of aryl methyl sites for hydroxylation is 1. The summed E-state index contributed by atoms with van der Waals surface area (Å²) in [4.78, 5) is 12.8. The summed E-state index contributed by atoms with van der Waals surface area (Å²) >= 11 is 0. The second-order valence-corrected chi connectivity index (χ2v) is 6.22. The highest BCUT2D eigenvalue weighted by atomic mass is 19.1. The smallest absolute Gasteiger partial charge is 0.133 e. The monoisotopic (exact) mass is 332 g/mol. The van der Waals surface area contributed by atoms with Crippen molar-refractivity contribution in [1.29, 1.82) is 0 Å². The number of hydrogen-bond acceptors (Lipinski definition) is 4. The van der Waals surface area contributed by atoms with Gasteiger partial charge in [0.15, 0.2) is 0 Å². The average molecular weight is 332 g/mol. The van der Waals surface area contributed by atoms with E-state index >= 15 is 0 Å². The van der Waals surface area contributed by atoms with Crippen molar-refractivity contribution in [1.82, 2.24) is 19.8 Å². The fourth-order valence-electron chi connectivity index (χ4n) is 2.99. The van der Waals surface area contributed by atoms with Gasteiger partial charge in [-0.15, -0.1) is 0 Å². The van der Waals surface area contributed by atoms with Gasteiger partial charge in [-0.1, -0.05) is 6.07 Å². The van der Waals surface area contributed by atoms with Crippen molar-refractivity contribution in [3.8, 4) is 0 Å². The summed E-state index contributed by atoms with van der Waals surface area (Å²) in [6.45, 7) is 6.35. The highest BCUT2D eigenvalue weighted by molar-refractivity contribution is 5.26. The summed E-state index contributed by atoms with van der Waals surface area (Å²) in [6, 6.07) is 2.84. The Bertz CT molecular complexity index is 670. The van der Waals surface area contributed by atoms with E-state index < -0.39 is 11.6 Å². The Hall–Kier alpha value is -1.92. The highest BCUT2D eigenvalue weighted by Gasteiger charge is 2.20. The van der Waals surface area contributed by atoms with Gasteiger partial charge in [-0.05, 0) is 18.6 Å². The first-order chi connectivity index (χ1) is 11.6. The van der Waals surface area contributed by atoms with Crippen LogP contribution in [-0.2, 0) is 13.0 Å². The molecule has 0 aliphatic carbocycles. The lowest BCUT2D eigenvalue weighted by atomic mass is 10.1. The molecule has 6 heteroatoms. The van der Waals surface area contributed by atoms with Crippen molar-refractivity contribution in [2.75, 3.05) is 32.7 Å². The third-order valence-corrected chi connectivity index (χ3v) is 4.53. The first-order valence-electron chi connectivity index (χ1n) is 8.26. The predicted molar refractivity (Wildman–Crippen MR) is 88.5 cm³/mol. The normalized spacial score (nSPS) is 16.5. The molecule has 1 aromatic carbocycles. The fourth-order valence-corrected chi connectivity index (χ4v) is 2.99. The molecule has 128 valence electrons. The van der Waals surface area contributed by atoms with Crippen molar-refractivity contribution < 1.29 is 8.78 Å². The highest BCUT2D eigenvalue weighted by Crippen LogP contribution is 2.19. The van der Waals surface area contributed by atoms with Crippen LogP contribution in [0.2, 0.25) is 0 Å². The zero-order valence-electron chi connectivity index (χ0n) is 13.9. The number of halogens is 2. The van der Waals surface area contributed by atoms with Gasteiger partial charge < -0.3 is 4.90 Å². The van der Waals surface area contributed by atoms with E-state index in [9.17, 15) is 8.78 Å². The summed E-state index contributed by atoms with van der Waals surface area (Å²) < 4.78 is 28.0. The van der Waals surface area contributed by atoms with Crippen LogP contribution in [0.5, 0.6) is 0 Å². The molecular weight excluding hydrogens is 310 g/mol. The Labute approximate surface area is 141 Å². The molecule has 3 rings (SSSR count). The summed E-state index contributed by atoms with van der Waals surface area (Å²) in [5.74, 6) is -0.872. The van der Waals surface area contributed by atoms with Crippen LogP contribution in [0.15, 0.2) is 30.7 Å². The molecule has 0 atom stereocenters. The largest absolute Gasteiger partial charge is 0.300 e. The number of nitrogens with zero attached hydrogens (tertiary/aromatic N) is 4. The Morgan fingerprint density at radius 1 is 1.04 bits per heavy atom. The minimum atomic E-state index is -0.455. The molecule has 1 aliphatic rings. The van der Waals surface area contributed by atoms with Crippen LogP contribution in [0.4, 0.5) is 8.78 Å². The Morgan fingerprint density at radius 2 is 1.79 bits per heavy atom. The number of hydrogen-bond donors (Lipinski definition) is 0. The summed E-state index contributed by atoms with van der Waals surface area (Å²) in [5.41, 5.74) is 1.67. The topological polar surface area (TPSA) is 32.3 Å². The van der Waals surface area contributed by atoms with Gasteiger partial charge in [0.1, 0.15) is 11.6 Å². The lowest BCUT2D eigenvalue weighted by molar-refractivity contribution is 0.126. The molecule has 2 aromatic rings. The van der Waals surface area contributed by atoms with Gasteiger partial charge in [-0.25, -0.2) is 8.78 Å². The minimum absolute atomic E-state index is 0.183. The molecule has 1 saturated heterocycles. The predicted octanol–water partition coefficient (Wildman–Crippen LogP) is 2.42. The quantitative estimate of drug-likeness (QED) is 0.842. The van der Waals surface area contributed by atoms with Gasteiger partial charge in [0, 0.05) is 69.8 Å². The van der Waals surface area contributed by atoms with Gasteiger partial charge >= 0.3 is 0 Å². The standard InChI is InChI=1S/C18H22F2N4/c1-14-2-3-17(19)16(18(14)20)13-24-10-8-23(9-11-24)7-4-15-12-21-5-6-22-15/h2-3,5-6,12H,4,7-11,13H2,1H3. The molecule has 0 unspecified atom stereocenters. The molecule has 0 N–H and O–H groups in total. The molecule has 0 spiro atoms. The summed E-state index contributed by atoms with van der Waals surface area (Å²) in [7, 11) is 0. The molecule has 4 nitrogen and oxygen atoms in total. The van der Waals surface area contributed by atoms with E-state index in [0.717, 1.165) is 44.8 Å². The molecule has 1 fully saturated rings. The SMILES string of the molecule is Cc1ccc(F)c(CN2CCN(CCc3cnccn3)CC2)c1F. The van der Waals surface area contributed by atoms with Crippen LogP contribution in [0.25, 0.3) is 0 Å². The Balaban J connectivity index is 1.50. The van der Waals surface area contributed by atoms with Crippen LogP contribution < -0.4 is 0 Å². The van der Waals surface area contributed by atoms with E-state index in [2.05, 4.69) is 19.8 Å². The molecule has 2 heterocycles. The Morgan fingerprint density at radius 3 is 2.50 bits per heavy atom. The van der Waals surface area contributed by atoms with Gasteiger partial charge in [0.25, 0.3) is 0 Å².